The molecule has 0 saturated carbocycles. The molecule has 0 aliphatic carbocycles. The summed E-state index contributed by atoms with van der Waals surface area (Å²) < 4.78 is 2.69. The first kappa shape index (κ1) is 12.9. The Morgan fingerprint density at radius 3 is 2.08 bits per heavy atom. The lowest BCUT2D eigenvalue weighted by molar-refractivity contribution is -0.154. The summed E-state index contributed by atoms with van der Waals surface area (Å²) in [6.45, 7) is 1.84. The first-order valence-electron chi connectivity index (χ1n) is 3.28. The summed E-state index contributed by atoms with van der Waals surface area (Å²) in [5, 5.41) is 16.2. The second-order valence-electron chi connectivity index (χ2n) is 2.09. The summed E-state index contributed by atoms with van der Waals surface area (Å²) in [4.78, 5) is 21.3. The van der Waals surface area contributed by atoms with Gasteiger partial charge in [0.1, 0.15) is 5.01 Å². The van der Waals surface area contributed by atoms with Crippen molar-refractivity contribution in [2.45, 2.75) is 16.3 Å². The Kier molecular flexibility index (Phi) is 4.87. The third kappa shape index (κ3) is 2.65. The van der Waals surface area contributed by atoms with Crippen LogP contribution < -0.4 is 0 Å². The van der Waals surface area contributed by atoms with Crippen LogP contribution in [0.3, 0.4) is 0 Å². The molecule has 0 heterocycles. The number of hydrogen-bond donors (Lipinski definition) is 2. The first-order chi connectivity index (χ1) is 5.87. The number of hydrogen-bond acceptors (Lipinski definition) is 3. The number of aliphatic carboxylic acids is 2. The van der Waals surface area contributed by atoms with E-state index in [9.17, 15) is 9.59 Å². The summed E-state index contributed by atoms with van der Waals surface area (Å²) in [6.07, 6.45) is 0. The molecule has 5 nitrogen and oxygen atoms in total. The van der Waals surface area contributed by atoms with Gasteiger partial charge >= 0.3 is 11.9 Å². The average Bonchev–Trinajstić information content (AvgIpc) is 2.02. The van der Waals surface area contributed by atoms with Crippen molar-refractivity contribution in [3.8, 4) is 0 Å². The van der Waals surface area contributed by atoms with Gasteiger partial charge in [-0.1, -0.05) is 31.9 Å². The van der Waals surface area contributed by atoms with Crippen LogP contribution in [0.4, 0.5) is 0 Å². The van der Waals surface area contributed by atoms with E-state index in [1.807, 2.05) is 0 Å². The van der Waals surface area contributed by atoms with E-state index < -0.39 is 21.3 Å². The van der Waals surface area contributed by atoms with Crippen LogP contribution in [0.5, 0.6) is 0 Å². The molecule has 0 radical (unpaired) electrons. The van der Waals surface area contributed by atoms with Crippen molar-refractivity contribution in [2.24, 2.45) is 0 Å². The van der Waals surface area contributed by atoms with E-state index in [4.69, 9.17) is 14.9 Å². The first-order valence-corrected chi connectivity index (χ1v) is 4.99. The van der Waals surface area contributed by atoms with Crippen LogP contribution in [-0.4, -0.2) is 38.1 Å². The van der Waals surface area contributed by atoms with Gasteiger partial charge in [-0.25, -0.2) is 9.59 Å². The molecule has 0 rings (SSSR count). The predicted octanol–water partition coefficient (Wildman–Crippen LogP) is 1.05. The van der Waals surface area contributed by atoms with E-state index >= 15 is 0 Å². The van der Waals surface area contributed by atoms with E-state index in [0.717, 1.165) is 0 Å². The second kappa shape index (κ2) is 4.92. The molecule has 1 unspecified atom stereocenters. The maximum atomic E-state index is 10.6. The van der Waals surface area contributed by atoms with Crippen molar-refractivity contribution in [3.63, 3.8) is 0 Å². The normalized spacial score (nSPS) is 13.8. The van der Waals surface area contributed by atoms with Crippen molar-refractivity contribution in [3.05, 3.63) is 0 Å². The molecule has 0 aromatic carbocycles. The van der Waals surface area contributed by atoms with Crippen LogP contribution >= 0.6 is 31.9 Å². The highest BCUT2D eigenvalue weighted by molar-refractivity contribution is 9.13. The molecule has 0 spiro atoms. The summed E-state index contributed by atoms with van der Waals surface area (Å²) in [6, 6.07) is 0. The lowest BCUT2D eigenvalue weighted by atomic mass is 10.1. The SMILES string of the molecule is CCOC(Br)C(Br)(C(=O)O)C(=O)O. The number of alkyl halides is 2. The predicted molar refractivity (Wildman–Crippen MR) is 51.3 cm³/mol. The van der Waals surface area contributed by atoms with Gasteiger partial charge in [-0.2, -0.15) is 0 Å². The summed E-state index contributed by atoms with van der Waals surface area (Å²) >= 11 is 5.44. The summed E-state index contributed by atoms with van der Waals surface area (Å²) in [7, 11) is 0. The number of halogens is 2. The van der Waals surface area contributed by atoms with Crippen LogP contribution in [0.1, 0.15) is 6.92 Å². The van der Waals surface area contributed by atoms with E-state index in [1.54, 1.807) is 6.92 Å². The molecule has 2 N–H and O–H groups in total. The Morgan fingerprint density at radius 2 is 1.85 bits per heavy atom. The zero-order valence-corrected chi connectivity index (χ0v) is 9.83. The molecule has 7 heteroatoms. The lowest BCUT2D eigenvalue weighted by Gasteiger charge is -2.23. The fraction of sp³-hybridized carbons (Fsp3) is 0.667. The highest BCUT2D eigenvalue weighted by atomic mass is 79.9. The molecule has 0 amide bonds. The number of ether oxygens (including phenoxy) is 1. The third-order valence-corrected chi connectivity index (χ3v) is 3.91. The minimum atomic E-state index is -2.15. The molecule has 0 aromatic heterocycles. The zero-order chi connectivity index (χ0) is 10.6. The van der Waals surface area contributed by atoms with Gasteiger partial charge in [0, 0.05) is 6.61 Å². The summed E-state index contributed by atoms with van der Waals surface area (Å²) in [5.74, 6) is -3.04. The van der Waals surface area contributed by atoms with Crippen LogP contribution in [-0.2, 0) is 14.3 Å². The number of carboxylic acids is 2. The van der Waals surface area contributed by atoms with Gasteiger partial charge < -0.3 is 14.9 Å². The molecule has 1 atom stereocenters. The lowest BCUT2D eigenvalue weighted by Crippen LogP contribution is -2.49. The third-order valence-electron chi connectivity index (χ3n) is 1.25. The molecule has 0 saturated heterocycles. The Bertz CT molecular complexity index is 203. The Labute approximate surface area is 91.3 Å². The quantitative estimate of drug-likeness (QED) is 0.584. The topological polar surface area (TPSA) is 83.8 Å². The Morgan fingerprint density at radius 1 is 1.46 bits per heavy atom. The molecule has 0 aliphatic heterocycles. The van der Waals surface area contributed by atoms with Crippen molar-refractivity contribution < 1.29 is 24.5 Å². The molecular weight excluding hydrogens is 312 g/mol. The minimum Gasteiger partial charge on any atom is -0.480 e. The molecule has 0 aliphatic rings. The fourth-order valence-electron chi connectivity index (χ4n) is 0.547. The van der Waals surface area contributed by atoms with Gasteiger partial charge in [0.2, 0.25) is 0 Å². The fourth-order valence-corrected chi connectivity index (χ4v) is 1.33. The Balaban J connectivity index is 4.79. The van der Waals surface area contributed by atoms with E-state index in [-0.39, 0.29) is 6.61 Å². The zero-order valence-electron chi connectivity index (χ0n) is 6.66. The summed E-state index contributed by atoms with van der Waals surface area (Å²) in [5.41, 5.74) is 0. The van der Waals surface area contributed by atoms with Gasteiger partial charge in [0.15, 0.2) is 0 Å². The van der Waals surface area contributed by atoms with Gasteiger partial charge in [-0.05, 0) is 6.92 Å². The van der Waals surface area contributed by atoms with Crippen molar-refractivity contribution in [2.75, 3.05) is 6.61 Å². The van der Waals surface area contributed by atoms with Crippen molar-refractivity contribution in [1.82, 2.24) is 0 Å². The largest absolute Gasteiger partial charge is 0.480 e. The van der Waals surface area contributed by atoms with Crippen LogP contribution in [0, 0.1) is 0 Å². The molecule has 0 aromatic rings. The maximum Gasteiger partial charge on any atom is 0.335 e. The Hall–Kier alpha value is -0.140. The van der Waals surface area contributed by atoms with Gasteiger partial charge in [0.25, 0.3) is 4.32 Å². The van der Waals surface area contributed by atoms with Crippen LogP contribution in [0.25, 0.3) is 0 Å². The van der Waals surface area contributed by atoms with E-state index in [2.05, 4.69) is 31.9 Å². The van der Waals surface area contributed by atoms with E-state index in [1.165, 1.54) is 0 Å². The highest BCUT2D eigenvalue weighted by Crippen LogP contribution is 2.30. The van der Waals surface area contributed by atoms with E-state index in [0.29, 0.717) is 0 Å². The monoisotopic (exact) mass is 318 g/mol. The van der Waals surface area contributed by atoms with Crippen molar-refractivity contribution in [1.29, 1.82) is 0 Å². The van der Waals surface area contributed by atoms with Crippen LogP contribution in [0.15, 0.2) is 0 Å². The molecule has 13 heavy (non-hydrogen) atoms. The molecular formula is C6H8Br2O5. The van der Waals surface area contributed by atoms with Gasteiger partial charge in [-0.3, -0.25) is 0 Å². The smallest absolute Gasteiger partial charge is 0.335 e. The highest BCUT2D eigenvalue weighted by Gasteiger charge is 2.51. The van der Waals surface area contributed by atoms with Crippen molar-refractivity contribution >= 4 is 43.8 Å². The standard InChI is InChI=1S/C6H8Br2O5/c1-2-13-3(7)6(8,4(9)10)5(11)12/h3H,2H2,1H3,(H,9,10)(H,11,12). The molecule has 0 fully saturated rings. The van der Waals surface area contributed by atoms with Gasteiger partial charge in [-0.15, -0.1) is 0 Å². The van der Waals surface area contributed by atoms with Gasteiger partial charge in [0.05, 0.1) is 0 Å². The molecule has 76 valence electrons. The van der Waals surface area contributed by atoms with Crippen LogP contribution in [0.2, 0.25) is 0 Å². The number of carbonyl (C=O) groups is 2. The number of rotatable bonds is 5. The number of carboxylic acid groups (broad SMARTS) is 2. The average molecular weight is 320 g/mol. The minimum absolute atomic E-state index is 0.212. The molecule has 0 bridgehead atoms. The maximum absolute atomic E-state index is 10.6. The second-order valence-corrected chi connectivity index (χ2v) is 4.18.